The quantitative estimate of drug-likeness (QED) is 0.709. The Kier molecular flexibility index (Phi) is 5.67. The second kappa shape index (κ2) is 7.05. The summed E-state index contributed by atoms with van der Waals surface area (Å²) in [5.74, 6) is 0.864. The molecule has 19 heavy (non-hydrogen) atoms. The molecule has 0 amide bonds. The van der Waals surface area contributed by atoms with Crippen LogP contribution in [0.15, 0.2) is 0 Å². The van der Waals surface area contributed by atoms with Gasteiger partial charge < -0.3 is 10.4 Å². The van der Waals surface area contributed by atoms with E-state index >= 15 is 0 Å². The Bertz CT molecular complexity index is 267. The third-order valence-electron chi connectivity index (χ3n) is 4.92. The zero-order valence-corrected chi connectivity index (χ0v) is 12.8. The fraction of sp³-hybridized carbons (Fsp3) is 1.00. The SMILES string of the molecule is CCNCC1(CN(CCO)C2CC2)CCCC(C)C1. The molecule has 0 aromatic heterocycles. The zero-order valence-electron chi connectivity index (χ0n) is 12.8. The first-order valence-electron chi connectivity index (χ1n) is 8.25. The predicted molar refractivity (Wildman–Crippen MR) is 80.3 cm³/mol. The minimum Gasteiger partial charge on any atom is -0.395 e. The molecule has 2 aliphatic rings. The standard InChI is InChI=1S/C16H32N2O/c1-3-17-12-16(8-4-5-14(2)11-16)13-18(9-10-19)15-6-7-15/h14-15,17,19H,3-13H2,1-2H3. The van der Waals surface area contributed by atoms with E-state index in [0.717, 1.165) is 31.6 Å². The van der Waals surface area contributed by atoms with Crippen molar-refractivity contribution in [2.24, 2.45) is 11.3 Å². The number of hydrogen-bond donors (Lipinski definition) is 2. The second-order valence-electron chi connectivity index (χ2n) is 6.91. The van der Waals surface area contributed by atoms with Crippen LogP contribution < -0.4 is 5.32 Å². The Balaban J connectivity index is 1.98. The maximum atomic E-state index is 9.30. The van der Waals surface area contributed by atoms with Crippen LogP contribution in [0.1, 0.15) is 52.4 Å². The van der Waals surface area contributed by atoms with Crippen molar-refractivity contribution in [2.45, 2.75) is 58.4 Å². The summed E-state index contributed by atoms with van der Waals surface area (Å²) in [5, 5.41) is 12.9. The Hall–Kier alpha value is -0.120. The molecule has 2 unspecified atom stereocenters. The maximum absolute atomic E-state index is 9.30. The van der Waals surface area contributed by atoms with Gasteiger partial charge in [-0.05, 0) is 43.6 Å². The van der Waals surface area contributed by atoms with E-state index in [1.54, 1.807) is 0 Å². The van der Waals surface area contributed by atoms with Crippen LogP contribution >= 0.6 is 0 Å². The Morgan fingerprint density at radius 3 is 2.68 bits per heavy atom. The molecule has 0 saturated heterocycles. The number of aliphatic hydroxyl groups excluding tert-OH is 1. The molecule has 2 rings (SSSR count). The maximum Gasteiger partial charge on any atom is 0.0558 e. The topological polar surface area (TPSA) is 35.5 Å². The van der Waals surface area contributed by atoms with Gasteiger partial charge in [-0.25, -0.2) is 0 Å². The lowest BCUT2D eigenvalue weighted by molar-refractivity contribution is 0.0666. The van der Waals surface area contributed by atoms with Crippen molar-refractivity contribution in [3.8, 4) is 0 Å². The lowest BCUT2D eigenvalue weighted by Gasteiger charge is -2.43. The molecular formula is C16H32N2O. The Labute approximate surface area is 118 Å². The van der Waals surface area contributed by atoms with Crippen molar-refractivity contribution >= 4 is 0 Å². The summed E-state index contributed by atoms with van der Waals surface area (Å²) in [6.07, 6.45) is 8.18. The van der Waals surface area contributed by atoms with Crippen LogP contribution in [0.4, 0.5) is 0 Å². The molecular weight excluding hydrogens is 236 g/mol. The first-order valence-corrected chi connectivity index (χ1v) is 8.25. The van der Waals surface area contributed by atoms with Gasteiger partial charge in [0.2, 0.25) is 0 Å². The molecule has 2 atom stereocenters. The van der Waals surface area contributed by atoms with Crippen LogP contribution in [0.2, 0.25) is 0 Å². The number of hydrogen-bond acceptors (Lipinski definition) is 3. The van der Waals surface area contributed by atoms with Gasteiger partial charge in [0.05, 0.1) is 6.61 Å². The highest BCUT2D eigenvalue weighted by molar-refractivity contribution is 4.94. The largest absolute Gasteiger partial charge is 0.395 e. The highest BCUT2D eigenvalue weighted by Gasteiger charge is 2.39. The minimum absolute atomic E-state index is 0.309. The van der Waals surface area contributed by atoms with Crippen LogP contribution in [-0.2, 0) is 0 Å². The van der Waals surface area contributed by atoms with E-state index in [4.69, 9.17) is 0 Å². The van der Waals surface area contributed by atoms with Crippen molar-refractivity contribution in [1.29, 1.82) is 0 Å². The van der Waals surface area contributed by atoms with Gasteiger partial charge in [0.25, 0.3) is 0 Å². The molecule has 2 saturated carbocycles. The fourth-order valence-electron chi connectivity index (χ4n) is 3.91. The predicted octanol–water partition coefficient (Wildman–Crippen LogP) is 2.25. The van der Waals surface area contributed by atoms with E-state index < -0.39 is 0 Å². The summed E-state index contributed by atoms with van der Waals surface area (Å²) in [5.41, 5.74) is 0.450. The van der Waals surface area contributed by atoms with Crippen molar-refractivity contribution in [3.05, 3.63) is 0 Å². The first kappa shape index (κ1) is 15.3. The first-order chi connectivity index (χ1) is 9.19. The monoisotopic (exact) mass is 268 g/mol. The summed E-state index contributed by atoms with van der Waals surface area (Å²) in [7, 11) is 0. The molecule has 0 aliphatic heterocycles. The molecule has 0 spiro atoms. The zero-order chi connectivity index (χ0) is 13.7. The van der Waals surface area contributed by atoms with Crippen molar-refractivity contribution in [3.63, 3.8) is 0 Å². The number of nitrogens with one attached hydrogen (secondary N) is 1. The fourth-order valence-corrected chi connectivity index (χ4v) is 3.91. The molecule has 0 heterocycles. The molecule has 3 nitrogen and oxygen atoms in total. The number of aliphatic hydroxyl groups is 1. The third-order valence-corrected chi connectivity index (χ3v) is 4.92. The smallest absolute Gasteiger partial charge is 0.0558 e. The van der Waals surface area contributed by atoms with Gasteiger partial charge in [-0.3, -0.25) is 4.90 Å². The van der Waals surface area contributed by atoms with Crippen LogP contribution in [0.5, 0.6) is 0 Å². The number of rotatable bonds is 8. The van der Waals surface area contributed by atoms with Gasteiger partial charge in [-0.15, -0.1) is 0 Å². The van der Waals surface area contributed by atoms with Gasteiger partial charge in [-0.1, -0.05) is 26.7 Å². The van der Waals surface area contributed by atoms with Crippen LogP contribution in [0.25, 0.3) is 0 Å². The molecule has 112 valence electrons. The van der Waals surface area contributed by atoms with E-state index in [2.05, 4.69) is 24.1 Å². The normalized spacial score (nSPS) is 31.9. The lowest BCUT2D eigenvalue weighted by atomic mass is 9.69. The van der Waals surface area contributed by atoms with Gasteiger partial charge in [0.1, 0.15) is 0 Å². The lowest BCUT2D eigenvalue weighted by Crippen LogP contribution is -2.48. The van der Waals surface area contributed by atoms with E-state index in [0.29, 0.717) is 12.0 Å². The minimum atomic E-state index is 0.309. The van der Waals surface area contributed by atoms with Gasteiger partial charge in [-0.2, -0.15) is 0 Å². The van der Waals surface area contributed by atoms with E-state index in [1.165, 1.54) is 45.1 Å². The summed E-state index contributed by atoms with van der Waals surface area (Å²) in [6.45, 7) is 9.20. The average molecular weight is 268 g/mol. The third kappa shape index (κ3) is 4.44. The van der Waals surface area contributed by atoms with Crippen molar-refractivity contribution in [2.75, 3.05) is 32.8 Å². The van der Waals surface area contributed by atoms with Gasteiger partial charge in [0, 0.05) is 25.7 Å². The van der Waals surface area contributed by atoms with Crippen molar-refractivity contribution < 1.29 is 5.11 Å². The highest BCUT2D eigenvalue weighted by Crippen LogP contribution is 2.41. The van der Waals surface area contributed by atoms with Crippen LogP contribution in [0, 0.1) is 11.3 Å². The van der Waals surface area contributed by atoms with Crippen molar-refractivity contribution in [1.82, 2.24) is 10.2 Å². The average Bonchev–Trinajstić information content (AvgIpc) is 3.20. The summed E-state index contributed by atoms with van der Waals surface area (Å²) >= 11 is 0. The second-order valence-corrected chi connectivity index (χ2v) is 6.91. The summed E-state index contributed by atoms with van der Waals surface area (Å²) < 4.78 is 0. The summed E-state index contributed by atoms with van der Waals surface area (Å²) in [4.78, 5) is 2.56. The van der Waals surface area contributed by atoms with Crippen LogP contribution in [-0.4, -0.2) is 48.8 Å². The van der Waals surface area contributed by atoms with Gasteiger partial charge in [0.15, 0.2) is 0 Å². The number of nitrogens with zero attached hydrogens (tertiary/aromatic N) is 1. The molecule has 0 aromatic rings. The molecule has 3 heteroatoms. The Morgan fingerprint density at radius 2 is 2.11 bits per heavy atom. The van der Waals surface area contributed by atoms with E-state index in [-0.39, 0.29) is 0 Å². The van der Waals surface area contributed by atoms with E-state index in [9.17, 15) is 5.11 Å². The molecule has 0 radical (unpaired) electrons. The molecule has 2 fully saturated rings. The van der Waals surface area contributed by atoms with Crippen LogP contribution in [0.3, 0.4) is 0 Å². The molecule has 2 N–H and O–H groups in total. The van der Waals surface area contributed by atoms with E-state index in [1.807, 2.05) is 0 Å². The Morgan fingerprint density at radius 1 is 1.32 bits per heavy atom. The highest BCUT2D eigenvalue weighted by atomic mass is 16.3. The molecule has 0 bridgehead atoms. The molecule has 2 aliphatic carbocycles. The molecule has 0 aromatic carbocycles. The van der Waals surface area contributed by atoms with Gasteiger partial charge >= 0.3 is 0 Å². The summed E-state index contributed by atoms with van der Waals surface area (Å²) in [6, 6.07) is 0.767.